The number of nitrogens with zero attached hydrogens (tertiary/aromatic N) is 1. The molecule has 20 heavy (non-hydrogen) atoms. The van der Waals surface area contributed by atoms with Crippen LogP contribution in [0, 0.1) is 11.6 Å². The Morgan fingerprint density at radius 1 is 1.20 bits per heavy atom. The van der Waals surface area contributed by atoms with E-state index in [0.29, 0.717) is 5.75 Å². The summed E-state index contributed by atoms with van der Waals surface area (Å²) in [5.41, 5.74) is 0.802. The van der Waals surface area contributed by atoms with Gasteiger partial charge in [0.25, 0.3) is 0 Å². The Balaban J connectivity index is 2.06. The molecule has 1 heterocycles. The first-order valence-corrected chi connectivity index (χ1v) is 7.40. The zero-order valence-electron chi connectivity index (χ0n) is 11.1. The van der Waals surface area contributed by atoms with Crippen LogP contribution in [0.2, 0.25) is 0 Å². The first kappa shape index (κ1) is 14.9. The van der Waals surface area contributed by atoms with Crippen molar-refractivity contribution in [3.05, 3.63) is 59.9 Å². The molecule has 1 aromatic carbocycles. The molecule has 1 unspecified atom stereocenters. The van der Waals surface area contributed by atoms with Gasteiger partial charge in [-0.3, -0.25) is 4.98 Å². The number of benzene rings is 1. The summed E-state index contributed by atoms with van der Waals surface area (Å²) in [5.74, 6) is 0.0891. The van der Waals surface area contributed by atoms with E-state index in [9.17, 15) is 8.78 Å². The zero-order valence-corrected chi connectivity index (χ0v) is 12.0. The second-order valence-electron chi connectivity index (χ2n) is 4.32. The van der Waals surface area contributed by atoms with Crippen molar-refractivity contribution in [1.82, 2.24) is 10.3 Å². The molecule has 0 aliphatic rings. The van der Waals surface area contributed by atoms with Crippen molar-refractivity contribution in [2.75, 3.05) is 12.3 Å². The summed E-state index contributed by atoms with van der Waals surface area (Å²) in [6.45, 7) is 2.76. The van der Waals surface area contributed by atoms with Crippen LogP contribution in [0.1, 0.15) is 18.5 Å². The molecular formula is C15H16F2N2S. The standard InChI is InChI=1S/C15H16F2N2S/c1-2-19-15(11-6-13(17)9-18-8-11)10-20-14-5-3-4-12(16)7-14/h3-9,15,19H,2,10H2,1H3. The van der Waals surface area contributed by atoms with E-state index in [1.165, 1.54) is 36.2 Å². The molecule has 1 N–H and O–H groups in total. The van der Waals surface area contributed by atoms with Gasteiger partial charge in [0.2, 0.25) is 0 Å². The summed E-state index contributed by atoms with van der Waals surface area (Å²) in [7, 11) is 0. The molecule has 0 spiro atoms. The van der Waals surface area contributed by atoms with Crippen molar-refractivity contribution in [3.63, 3.8) is 0 Å². The number of hydrogen-bond acceptors (Lipinski definition) is 3. The van der Waals surface area contributed by atoms with Crippen LogP contribution in [-0.4, -0.2) is 17.3 Å². The summed E-state index contributed by atoms with van der Waals surface area (Å²) in [5, 5.41) is 3.29. The van der Waals surface area contributed by atoms with E-state index in [1.54, 1.807) is 12.3 Å². The fraction of sp³-hybridized carbons (Fsp3) is 0.267. The summed E-state index contributed by atoms with van der Waals surface area (Å²) >= 11 is 1.53. The maximum atomic E-state index is 13.2. The number of halogens is 2. The molecule has 2 rings (SSSR count). The minimum absolute atomic E-state index is 0.0172. The summed E-state index contributed by atoms with van der Waals surface area (Å²) in [4.78, 5) is 4.73. The molecule has 0 saturated heterocycles. The monoisotopic (exact) mass is 294 g/mol. The topological polar surface area (TPSA) is 24.9 Å². The molecule has 2 nitrogen and oxygen atoms in total. The van der Waals surface area contributed by atoms with Crippen molar-refractivity contribution in [2.45, 2.75) is 17.9 Å². The van der Waals surface area contributed by atoms with E-state index in [-0.39, 0.29) is 17.7 Å². The molecule has 1 aromatic heterocycles. The van der Waals surface area contributed by atoms with E-state index in [1.807, 2.05) is 13.0 Å². The number of nitrogens with one attached hydrogen (secondary N) is 1. The van der Waals surface area contributed by atoms with E-state index in [2.05, 4.69) is 10.3 Å². The highest BCUT2D eigenvalue weighted by Crippen LogP contribution is 2.25. The smallest absolute Gasteiger partial charge is 0.141 e. The lowest BCUT2D eigenvalue weighted by Crippen LogP contribution is -2.23. The average Bonchev–Trinajstić information content (AvgIpc) is 2.43. The van der Waals surface area contributed by atoms with Crippen molar-refractivity contribution in [3.8, 4) is 0 Å². The Morgan fingerprint density at radius 3 is 2.75 bits per heavy atom. The van der Waals surface area contributed by atoms with Crippen molar-refractivity contribution in [1.29, 1.82) is 0 Å². The van der Waals surface area contributed by atoms with E-state index < -0.39 is 0 Å². The number of thioether (sulfide) groups is 1. The van der Waals surface area contributed by atoms with Gasteiger partial charge in [0, 0.05) is 22.9 Å². The Bertz CT molecular complexity index is 563. The van der Waals surface area contributed by atoms with Crippen LogP contribution in [0.4, 0.5) is 8.78 Å². The van der Waals surface area contributed by atoms with Crippen LogP contribution in [0.3, 0.4) is 0 Å². The third-order valence-electron chi connectivity index (χ3n) is 2.79. The normalized spacial score (nSPS) is 12.3. The summed E-state index contributed by atoms with van der Waals surface area (Å²) in [6, 6.07) is 7.92. The third kappa shape index (κ3) is 4.28. The predicted octanol–water partition coefficient (Wildman–Crippen LogP) is 3.80. The highest BCUT2D eigenvalue weighted by molar-refractivity contribution is 7.99. The molecule has 0 bridgehead atoms. The maximum Gasteiger partial charge on any atom is 0.141 e. The summed E-state index contributed by atoms with van der Waals surface area (Å²) in [6.07, 6.45) is 2.84. The lowest BCUT2D eigenvalue weighted by molar-refractivity contribution is 0.582. The van der Waals surface area contributed by atoms with Gasteiger partial charge in [-0.1, -0.05) is 13.0 Å². The van der Waals surface area contributed by atoms with Gasteiger partial charge in [0.15, 0.2) is 0 Å². The van der Waals surface area contributed by atoms with Crippen LogP contribution in [0.5, 0.6) is 0 Å². The van der Waals surface area contributed by atoms with Crippen molar-refractivity contribution >= 4 is 11.8 Å². The quantitative estimate of drug-likeness (QED) is 0.820. The molecule has 0 fully saturated rings. The molecule has 1 atom stereocenters. The number of pyridine rings is 1. The average molecular weight is 294 g/mol. The second-order valence-corrected chi connectivity index (χ2v) is 5.41. The van der Waals surface area contributed by atoms with Gasteiger partial charge in [-0.15, -0.1) is 11.8 Å². The van der Waals surface area contributed by atoms with Crippen LogP contribution >= 0.6 is 11.8 Å². The molecule has 5 heteroatoms. The SMILES string of the molecule is CCNC(CSc1cccc(F)c1)c1cncc(F)c1. The van der Waals surface area contributed by atoms with Crippen molar-refractivity contribution < 1.29 is 8.78 Å². The van der Waals surface area contributed by atoms with E-state index in [4.69, 9.17) is 0 Å². The molecule has 0 radical (unpaired) electrons. The zero-order chi connectivity index (χ0) is 14.4. The Labute approximate surface area is 121 Å². The molecule has 106 valence electrons. The summed E-state index contributed by atoms with van der Waals surface area (Å²) < 4.78 is 26.4. The van der Waals surface area contributed by atoms with Crippen LogP contribution in [-0.2, 0) is 0 Å². The minimum Gasteiger partial charge on any atom is -0.309 e. The van der Waals surface area contributed by atoms with Crippen molar-refractivity contribution in [2.24, 2.45) is 0 Å². The fourth-order valence-electron chi connectivity index (χ4n) is 1.87. The fourth-order valence-corrected chi connectivity index (χ4v) is 2.91. The maximum absolute atomic E-state index is 13.2. The molecule has 0 amide bonds. The molecule has 0 aliphatic carbocycles. The number of hydrogen-bond donors (Lipinski definition) is 1. The van der Waals surface area contributed by atoms with Gasteiger partial charge in [0.05, 0.1) is 6.20 Å². The van der Waals surface area contributed by atoms with Crippen LogP contribution < -0.4 is 5.32 Å². The molecule has 2 aromatic rings. The van der Waals surface area contributed by atoms with Gasteiger partial charge in [0.1, 0.15) is 11.6 Å². The Morgan fingerprint density at radius 2 is 2.05 bits per heavy atom. The first-order valence-electron chi connectivity index (χ1n) is 6.41. The lowest BCUT2D eigenvalue weighted by Gasteiger charge is -2.17. The van der Waals surface area contributed by atoms with E-state index in [0.717, 1.165) is 17.0 Å². The highest BCUT2D eigenvalue weighted by Gasteiger charge is 2.12. The second kappa shape index (κ2) is 7.36. The third-order valence-corrected chi connectivity index (χ3v) is 3.88. The molecular weight excluding hydrogens is 278 g/mol. The van der Waals surface area contributed by atoms with Crippen LogP contribution in [0.25, 0.3) is 0 Å². The van der Waals surface area contributed by atoms with Gasteiger partial charge in [-0.25, -0.2) is 8.78 Å². The minimum atomic E-state index is -0.346. The Hall–Kier alpha value is -1.46. The van der Waals surface area contributed by atoms with Gasteiger partial charge >= 0.3 is 0 Å². The highest BCUT2D eigenvalue weighted by atomic mass is 32.2. The molecule has 0 aliphatic heterocycles. The van der Waals surface area contributed by atoms with Gasteiger partial charge < -0.3 is 5.32 Å². The first-order chi connectivity index (χ1) is 9.69. The van der Waals surface area contributed by atoms with E-state index >= 15 is 0 Å². The number of rotatable bonds is 6. The Kier molecular flexibility index (Phi) is 5.49. The van der Waals surface area contributed by atoms with Gasteiger partial charge in [-0.2, -0.15) is 0 Å². The van der Waals surface area contributed by atoms with Crippen LogP contribution in [0.15, 0.2) is 47.6 Å². The van der Waals surface area contributed by atoms with Gasteiger partial charge in [-0.05, 0) is 36.4 Å². The number of aromatic nitrogens is 1. The lowest BCUT2D eigenvalue weighted by atomic mass is 10.1. The largest absolute Gasteiger partial charge is 0.309 e. The predicted molar refractivity (Wildman–Crippen MR) is 77.7 cm³/mol. The molecule has 0 saturated carbocycles.